The molecule has 6 nitrogen and oxygen atoms in total. The molecule has 0 atom stereocenters. The molecule has 0 saturated carbocycles. The Balaban J connectivity index is 1.38. The van der Waals surface area contributed by atoms with E-state index in [0.717, 1.165) is 11.1 Å². The summed E-state index contributed by atoms with van der Waals surface area (Å²) < 4.78 is 10.9. The number of nitrogens with one attached hydrogen (secondary N) is 1. The van der Waals surface area contributed by atoms with E-state index in [2.05, 4.69) is 5.32 Å². The number of nitrogens with zero attached hydrogens (tertiary/aromatic N) is 1. The molecule has 0 spiro atoms. The van der Waals surface area contributed by atoms with Crippen LogP contribution in [0.15, 0.2) is 65.3 Å². The smallest absolute Gasteiger partial charge is 0.258 e. The van der Waals surface area contributed by atoms with Crippen LogP contribution in [0.5, 0.6) is 5.75 Å². The Morgan fingerprint density at radius 3 is 2.73 bits per heavy atom. The summed E-state index contributed by atoms with van der Waals surface area (Å²) in [6, 6.07) is 16.4. The van der Waals surface area contributed by atoms with Gasteiger partial charge in [-0.05, 0) is 48.4 Å². The zero-order chi connectivity index (χ0) is 20.9. The van der Waals surface area contributed by atoms with Crippen molar-refractivity contribution in [3.63, 3.8) is 0 Å². The number of fused-ring (bicyclic) bond motifs is 1. The van der Waals surface area contributed by atoms with Crippen LogP contribution in [-0.4, -0.2) is 29.9 Å². The highest BCUT2D eigenvalue weighted by Gasteiger charge is 2.26. The van der Waals surface area contributed by atoms with E-state index in [1.54, 1.807) is 36.6 Å². The van der Waals surface area contributed by atoms with Crippen molar-refractivity contribution in [3.05, 3.63) is 88.3 Å². The van der Waals surface area contributed by atoms with Crippen LogP contribution < -0.4 is 10.1 Å². The highest BCUT2D eigenvalue weighted by Crippen LogP contribution is 2.29. The lowest BCUT2D eigenvalue weighted by atomic mass is 9.97. The Morgan fingerprint density at radius 2 is 1.97 bits per heavy atom. The largest absolute Gasteiger partial charge is 0.483 e. The van der Waals surface area contributed by atoms with Crippen molar-refractivity contribution in [3.8, 4) is 5.75 Å². The van der Waals surface area contributed by atoms with Gasteiger partial charge in [0.15, 0.2) is 6.61 Å². The van der Waals surface area contributed by atoms with Gasteiger partial charge < -0.3 is 19.4 Å². The molecule has 1 aromatic heterocycles. The second-order valence-electron chi connectivity index (χ2n) is 7.03. The second kappa shape index (κ2) is 9.05. The van der Waals surface area contributed by atoms with Crippen LogP contribution >= 0.6 is 11.6 Å². The van der Waals surface area contributed by atoms with Crippen LogP contribution in [0, 0.1) is 0 Å². The molecule has 0 radical (unpaired) electrons. The highest BCUT2D eigenvalue weighted by molar-refractivity contribution is 6.30. The number of rotatable bonds is 7. The van der Waals surface area contributed by atoms with Crippen LogP contribution in [-0.2, 0) is 24.3 Å². The van der Waals surface area contributed by atoms with Crippen LogP contribution in [0.3, 0.4) is 0 Å². The molecule has 0 aliphatic carbocycles. The van der Waals surface area contributed by atoms with Crippen molar-refractivity contribution in [2.24, 2.45) is 0 Å². The molecule has 30 heavy (non-hydrogen) atoms. The maximum absolute atomic E-state index is 13.0. The van der Waals surface area contributed by atoms with Gasteiger partial charge in [-0.15, -0.1) is 0 Å². The zero-order valence-electron chi connectivity index (χ0n) is 16.3. The van der Waals surface area contributed by atoms with Gasteiger partial charge >= 0.3 is 0 Å². The van der Waals surface area contributed by atoms with E-state index < -0.39 is 0 Å². The highest BCUT2D eigenvalue weighted by atomic mass is 35.5. The van der Waals surface area contributed by atoms with Crippen LogP contribution in [0.1, 0.15) is 27.2 Å². The average molecular weight is 425 g/mol. The number of amides is 2. The molecule has 3 aromatic rings. The third-order valence-corrected chi connectivity index (χ3v) is 5.22. The van der Waals surface area contributed by atoms with Gasteiger partial charge in [-0.1, -0.05) is 29.8 Å². The zero-order valence-corrected chi connectivity index (χ0v) is 17.0. The second-order valence-corrected chi connectivity index (χ2v) is 7.47. The van der Waals surface area contributed by atoms with Crippen LogP contribution in [0.2, 0.25) is 5.02 Å². The van der Waals surface area contributed by atoms with Crippen molar-refractivity contribution in [1.82, 2.24) is 10.2 Å². The molecule has 1 aliphatic rings. The van der Waals surface area contributed by atoms with E-state index in [9.17, 15) is 9.59 Å². The summed E-state index contributed by atoms with van der Waals surface area (Å²) in [7, 11) is 0. The number of hydrogen-bond donors (Lipinski definition) is 1. The van der Waals surface area contributed by atoms with Crippen LogP contribution in [0.25, 0.3) is 0 Å². The van der Waals surface area contributed by atoms with E-state index in [4.69, 9.17) is 20.8 Å². The van der Waals surface area contributed by atoms with Crippen molar-refractivity contribution in [2.75, 3.05) is 13.2 Å². The molecule has 4 rings (SSSR count). The van der Waals surface area contributed by atoms with Gasteiger partial charge in [0, 0.05) is 29.2 Å². The first-order valence-corrected chi connectivity index (χ1v) is 10.1. The van der Waals surface area contributed by atoms with E-state index in [1.807, 2.05) is 29.2 Å². The lowest BCUT2D eigenvalue weighted by Gasteiger charge is -2.29. The number of hydrogen-bond acceptors (Lipinski definition) is 4. The van der Waals surface area contributed by atoms with Gasteiger partial charge in [0.2, 0.25) is 0 Å². The topological polar surface area (TPSA) is 71.8 Å². The van der Waals surface area contributed by atoms with Crippen LogP contribution in [0.4, 0.5) is 0 Å². The van der Waals surface area contributed by atoms with E-state index in [0.29, 0.717) is 48.2 Å². The van der Waals surface area contributed by atoms with Gasteiger partial charge in [-0.25, -0.2) is 0 Å². The molecular weight excluding hydrogens is 404 g/mol. The molecule has 1 N–H and O–H groups in total. The molecular formula is C23H21ClN2O4. The summed E-state index contributed by atoms with van der Waals surface area (Å²) in [4.78, 5) is 26.8. The fourth-order valence-corrected chi connectivity index (χ4v) is 3.56. The van der Waals surface area contributed by atoms with Gasteiger partial charge in [0.1, 0.15) is 11.5 Å². The minimum absolute atomic E-state index is 0.0427. The van der Waals surface area contributed by atoms with Gasteiger partial charge in [-0.2, -0.15) is 0 Å². The molecule has 0 unspecified atom stereocenters. The molecule has 0 saturated heterocycles. The van der Waals surface area contributed by atoms with E-state index >= 15 is 0 Å². The first-order valence-electron chi connectivity index (χ1n) is 9.67. The standard InChI is InChI=1S/C23H21ClN2O4/c24-17-8-6-16(7-9-17)14-26-11-10-19-20(23(26)28)4-1-5-21(19)30-15-22(27)25-13-18-3-2-12-29-18/h1-9,12H,10-11,13-15H2,(H,25,27). The number of benzene rings is 2. The van der Waals surface area contributed by atoms with Crippen molar-refractivity contribution >= 4 is 23.4 Å². The summed E-state index contributed by atoms with van der Waals surface area (Å²) in [6.07, 6.45) is 2.22. The first-order chi connectivity index (χ1) is 14.6. The van der Waals surface area contributed by atoms with Crippen molar-refractivity contribution in [1.29, 1.82) is 0 Å². The third-order valence-electron chi connectivity index (χ3n) is 4.97. The maximum Gasteiger partial charge on any atom is 0.258 e. The van der Waals surface area contributed by atoms with Gasteiger partial charge in [0.05, 0.1) is 12.8 Å². The lowest BCUT2D eigenvalue weighted by molar-refractivity contribution is -0.123. The Kier molecular flexibility index (Phi) is 6.05. The van der Waals surface area contributed by atoms with E-state index in [1.165, 1.54) is 0 Å². The number of carbonyl (C=O) groups is 2. The number of carbonyl (C=O) groups excluding carboxylic acids is 2. The minimum atomic E-state index is -0.254. The summed E-state index contributed by atoms with van der Waals surface area (Å²) >= 11 is 5.94. The fraction of sp³-hybridized carbons (Fsp3) is 0.217. The molecule has 2 amide bonds. The molecule has 0 bridgehead atoms. The third kappa shape index (κ3) is 4.66. The Hall–Kier alpha value is -3.25. The normalized spacial score (nSPS) is 13.1. The Bertz CT molecular complexity index is 1030. The molecule has 154 valence electrons. The number of furan rings is 1. The molecule has 1 aliphatic heterocycles. The molecule has 0 fully saturated rings. The number of ether oxygens (including phenoxy) is 1. The maximum atomic E-state index is 13.0. The SMILES string of the molecule is O=C(COc1cccc2c1CCN(Cc1ccc(Cl)cc1)C2=O)NCc1ccco1. The Morgan fingerprint density at radius 1 is 1.13 bits per heavy atom. The molecule has 7 heteroatoms. The summed E-state index contributed by atoms with van der Waals surface area (Å²) in [5.41, 5.74) is 2.48. The lowest BCUT2D eigenvalue weighted by Crippen LogP contribution is -2.37. The minimum Gasteiger partial charge on any atom is -0.483 e. The van der Waals surface area contributed by atoms with E-state index in [-0.39, 0.29) is 18.4 Å². The van der Waals surface area contributed by atoms with Crippen molar-refractivity contribution < 1.29 is 18.7 Å². The quantitative estimate of drug-likeness (QED) is 0.625. The predicted molar refractivity (Wildman–Crippen MR) is 112 cm³/mol. The predicted octanol–water partition coefficient (Wildman–Crippen LogP) is 3.83. The van der Waals surface area contributed by atoms with Gasteiger partial charge in [0.25, 0.3) is 11.8 Å². The molecule has 2 heterocycles. The monoisotopic (exact) mass is 424 g/mol. The molecule has 2 aromatic carbocycles. The summed E-state index contributed by atoms with van der Waals surface area (Å²) in [6.45, 7) is 1.29. The average Bonchev–Trinajstić information content (AvgIpc) is 3.28. The number of halogens is 1. The first kappa shape index (κ1) is 20.0. The van der Waals surface area contributed by atoms with Gasteiger partial charge in [-0.3, -0.25) is 9.59 Å². The van der Waals surface area contributed by atoms with Crippen molar-refractivity contribution in [2.45, 2.75) is 19.5 Å². The summed E-state index contributed by atoms with van der Waals surface area (Å²) in [5, 5.41) is 3.41. The summed E-state index contributed by atoms with van der Waals surface area (Å²) in [5.74, 6) is 0.946. The fourth-order valence-electron chi connectivity index (χ4n) is 3.43. The Labute approximate surface area is 179 Å².